The van der Waals surface area contributed by atoms with Crippen molar-refractivity contribution in [2.45, 2.75) is 32.9 Å². The molecule has 1 unspecified atom stereocenters. The first-order chi connectivity index (χ1) is 16.2. The van der Waals surface area contributed by atoms with Crippen molar-refractivity contribution < 1.29 is 19.5 Å². The van der Waals surface area contributed by atoms with Crippen molar-refractivity contribution >= 4 is 17.8 Å². The van der Waals surface area contributed by atoms with Crippen LogP contribution in [0.3, 0.4) is 0 Å². The Morgan fingerprint density at radius 2 is 1.88 bits per heavy atom. The molecule has 0 aromatic heterocycles. The smallest absolute Gasteiger partial charge is 0.335 e. The van der Waals surface area contributed by atoms with Gasteiger partial charge in [0.2, 0.25) is 5.91 Å². The molecular formula is C27H29N3O4. The van der Waals surface area contributed by atoms with Crippen molar-refractivity contribution in [2.75, 3.05) is 6.54 Å². The Labute approximate surface area is 199 Å². The molecule has 7 nitrogen and oxygen atoms in total. The van der Waals surface area contributed by atoms with Crippen molar-refractivity contribution in [3.05, 3.63) is 94.2 Å². The van der Waals surface area contributed by atoms with E-state index in [1.165, 1.54) is 0 Å². The second kappa shape index (κ2) is 9.55. The lowest BCUT2D eigenvalue weighted by Crippen LogP contribution is -2.32. The Bertz CT molecular complexity index is 1180. The molecule has 2 aromatic carbocycles. The first-order valence-electron chi connectivity index (χ1n) is 11.4. The molecule has 0 saturated carbocycles. The van der Waals surface area contributed by atoms with Gasteiger partial charge in [-0.25, -0.2) is 4.79 Å². The Morgan fingerprint density at radius 3 is 2.56 bits per heavy atom. The van der Waals surface area contributed by atoms with Crippen LogP contribution in [-0.2, 0) is 11.3 Å². The molecular weight excluding hydrogens is 430 g/mol. The number of carboxylic acids is 1. The van der Waals surface area contributed by atoms with Crippen molar-refractivity contribution in [1.82, 2.24) is 10.2 Å². The molecule has 0 bridgehead atoms. The number of nitrogens with one attached hydrogen (secondary N) is 1. The molecule has 4 rings (SSSR count). The van der Waals surface area contributed by atoms with Gasteiger partial charge in [-0.1, -0.05) is 43.3 Å². The number of amides is 2. The molecule has 1 heterocycles. The molecule has 4 N–H and O–H groups in total. The maximum absolute atomic E-state index is 13.3. The highest BCUT2D eigenvalue weighted by Crippen LogP contribution is 2.40. The fourth-order valence-corrected chi connectivity index (χ4v) is 4.81. The summed E-state index contributed by atoms with van der Waals surface area (Å²) in [7, 11) is 0. The van der Waals surface area contributed by atoms with Crippen molar-refractivity contribution in [3.63, 3.8) is 0 Å². The molecule has 1 aliphatic heterocycles. The third-order valence-corrected chi connectivity index (χ3v) is 6.71. The van der Waals surface area contributed by atoms with E-state index in [9.17, 15) is 14.4 Å². The van der Waals surface area contributed by atoms with Gasteiger partial charge in [0, 0.05) is 30.3 Å². The van der Waals surface area contributed by atoms with E-state index in [2.05, 4.69) is 23.2 Å². The number of likely N-dealkylation sites (tertiary alicyclic amines) is 1. The molecule has 1 saturated heterocycles. The van der Waals surface area contributed by atoms with Crippen molar-refractivity contribution in [2.24, 2.45) is 17.6 Å². The molecule has 176 valence electrons. The van der Waals surface area contributed by atoms with E-state index in [1.54, 1.807) is 36.4 Å². The molecule has 2 aromatic rings. The number of carbonyl (C=O) groups excluding carboxylic acids is 2. The summed E-state index contributed by atoms with van der Waals surface area (Å²) in [5, 5.41) is 12.2. The highest BCUT2D eigenvalue weighted by molar-refractivity contribution is 5.97. The monoisotopic (exact) mass is 459 g/mol. The zero-order chi connectivity index (χ0) is 24.4. The van der Waals surface area contributed by atoms with Crippen LogP contribution in [0.1, 0.15) is 58.2 Å². The van der Waals surface area contributed by atoms with E-state index < -0.39 is 11.9 Å². The van der Waals surface area contributed by atoms with Crippen LogP contribution in [0.4, 0.5) is 0 Å². The number of carboxylic acid groups (broad SMARTS) is 1. The molecule has 2 aliphatic rings. The van der Waals surface area contributed by atoms with E-state index in [0.29, 0.717) is 23.6 Å². The predicted octanol–water partition coefficient (Wildman–Crippen LogP) is 3.64. The number of benzene rings is 2. The molecule has 1 aliphatic carbocycles. The van der Waals surface area contributed by atoms with Crippen LogP contribution in [0.15, 0.2) is 72.0 Å². The lowest BCUT2D eigenvalue weighted by molar-refractivity contribution is -0.118. The molecule has 0 radical (unpaired) electrons. The van der Waals surface area contributed by atoms with Gasteiger partial charge in [-0.2, -0.15) is 0 Å². The van der Waals surface area contributed by atoms with Gasteiger partial charge in [-0.15, -0.1) is 0 Å². The Balaban J connectivity index is 1.57. The molecule has 2 amide bonds. The number of rotatable bonds is 7. The maximum atomic E-state index is 13.3. The van der Waals surface area contributed by atoms with Gasteiger partial charge < -0.3 is 21.1 Å². The second-order valence-electron chi connectivity index (χ2n) is 9.02. The van der Waals surface area contributed by atoms with Crippen molar-refractivity contribution in [3.8, 4) is 0 Å². The fraction of sp³-hybridized carbons (Fsp3) is 0.296. The van der Waals surface area contributed by atoms with Gasteiger partial charge in [-0.05, 0) is 54.7 Å². The first kappa shape index (κ1) is 23.3. The number of hydrogen-bond acceptors (Lipinski definition) is 4. The fourth-order valence-electron chi connectivity index (χ4n) is 4.81. The first-order valence-corrected chi connectivity index (χ1v) is 11.4. The van der Waals surface area contributed by atoms with Crippen molar-refractivity contribution in [1.29, 1.82) is 0 Å². The quantitative estimate of drug-likeness (QED) is 0.585. The van der Waals surface area contributed by atoms with Gasteiger partial charge in [0.05, 0.1) is 17.2 Å². The number of hydrogen-bond donors (Lipinski definition) is 3. The number of aromatic carboxylic acids is 1. The van der Waals surface area contributed by atoms with E-state index in [-0.39, 0.29) is 23.4 Å². The summed E-state index contributed by atoms with van der Waals surface area (Å²) in [6.45, 7) is 5.47. The average Bonchev–Trinajstić information content (AvgIpc) is 3.24. The highest BCUT2D eigenvalue weighted by Gasteiger charge is 2.37. The number of primary amides is 1. The minimum absolute atomic E-state index is 0.157. The summed E-state index contributed by atoms with van der Waals surface area (Å²) < 4.78 is 0. The van der Waals surface area contributed by atoms with Crippen LogP contribution < -0.4 is 11.1 Å². The van der Waals surface area contributed by atoms with E-state index in [0.717, 1.165) is 29.8 Å². The predicted molar refractivity (Wildman–Crippen MR) is 129 cm³/mol. The second-order valence-corrected chi connectivity index (χ2v) is 9.02. The van der Waals surface area contributed by atoms with Gasteiger partial charge in [-0.3, -0.25) is 9.59 Å². The van der Waals surface area contributed by atoms with Crippen LogP contribution in [-0.4, -0.2) is 34.3 Å². The average molecular weight is 460 g/mol. The van der Waals surface area contributed by atoms with Gasteiger partial charge in [0.15, 0.2) is 0 Å². The lowest BCUT2D eigenvalue weighted by atomic mass is 9.83. The molecule has 0 spiro atoms. The number of carbonyl (C=O) groups is 3. The zero-order valence-electron chi connectivity index (χ0n) is 19.3. The van der Waals surface area contributed by atoms with Gasteiger partial charge in [0.25, 0.3) is 5.91 Å². The highest BCUT2D eigenvalue weighted by atomic mass is 16.4. The van der Waals surface area contributed by atoms with Crippen LogP contribution in [0.2, 0.25) is 0 Å². The summed E-state index contributed by atoms with van der Waals surface area (Å²) in [5.41, 5.74) is 9.61. The molecule has 7 heteroatoms. The number of allylic oxidation sites excluding steroid dienone is 2. The Hall–Kier alpha value is -3.87. The third-order valence-electron chi connectivity index (χ3n) is 6.71. The topological polar surface area (TPSA) is 113 Å². The van der Waals surface area contributed by atoms with Crippen LogP contribution in [0.5, 0.6) is 0 Å². The Kier molecular flexibility index (Phi) is 6.54. The number of nitrogens with two attached hydrogens (primary N) is 1. The standard InChI is InChI=1S/C27H29N3O4/c1-16-6-11-23(26(32)29-17(2)19-7-9-20(10-8-19)27(33)34)24-22(16)12-13-30(24)15-18-4-3-5-21(14-18)25(28)31/h3-11,14,16-17,22H,12-13,15H2,1-2H3,(H2,28,31)(H,29,32)(H,33,34)/t16-,17-,22?/m0/s1. The van der Waals surface area contributed by atoms with E-state index in [4.69, 9.17) is 10.8 Å². The minimum Gasteiger partial charge on any atom is -0.478 e. The maximum Gasteiger partial charge on any atom is 0.335 e. The van der Waals surface area contributed by atoms with E-state index in [1.807, 2.05) is 25.1 Å². The van der Waals surface area contributed by atoms with Crippen LogP contribution in [0.25, 0.3) is 0 Å². The normalized spacial score (nSPS) is 20.1. The number of nitrogens with zero attached hydrogens (tertiary/aromatic N) is 1. The molecule has 3 atom stereocenters. The van der Waals surface area contributed by atoms with Crippen LogP contribution >= 0.6 is 0 Å². The Morgan fingerprint density at radius 1 is 1.15 bits per heavy atom. The summed E-state index contributed by atoms with van der Waals surface area (Å²) in [6.07, 6.45) is 4.95. The van der Waals surface area contributed by atoms with Gasteiger partial charge in [0.1, 0.15) is 0 Å². The lowest BCUT2D eigenvalue weighted by Gasteiger charge is -2.30. The van der Waals surface area contributed by atoms with Crippen LogP contribution in [0, 0.1) is 11.8 Å². The SMILES string of the molecule is C[C@H](NC(=O)C1=C2C(CCN2Cc2cccc(C(N)=O)c2)[C@@H](C)C=C1)c1ccc(C(=O)O)cc1. The summed E-state index contributed by atoms with van der Waals surface area (Å²) in [4.78, 5) is 38.3. The van der Waals surface area contributed by atoms with Gasteiger partial charge >= 0.3 is 5.97 Å². The summed E-state index contributed by atoms with van der Waals surface area (Å²) in [6, 6.07) is 13.5. The summed E-state index contributed by atoms with van der Waals surface area (Å²) in [5.74, 6) is -1.01. The third kappa shape index (κ3) is 4.73. The molecule has 1 fully saturated rings. The largest absolute Gasteiger partial charge is 0.478 e. The molecule has 34 heavy (non-hydrogen) atoms. The minimum atomic E-state index is -0.981. The van der Waals surface area contributed by atoms with E-state index >= 15 is 0 Å². The number of fused-ring (bicyclic) bond motifs is 1. The zero-order valence-corrected chi connectivity index (χ0v) is 19.3. The summed E-state index contributed by atoms with van der Waals surface area (Å²) >= 11 is 0.